The van der Waals surface area contributed by atoms with E-state index in [0.29, 0.717) is 11.8 Å². The molecule has 0 spiro atoms. The number of hydrogen-bond donors (Lipinski definition) is 0. The summed E-state index contributed by atoms with van der Waals surface area (Å²) < 4.78 is 51.0. The van der Waals surface area contributed by atoms with Crippen LogP contribution in [0.3, 0.4) is 0 Å². The van der Waals surface area contributed by atoms with E-state index in [4.69, 9.17) is 14.7 Å². The number of nitriles is 1. The highest BCUT2D eigenvalue weighted by Crippen LogP contribution is 2.36. The monoisotopic (exact) mass is 429 g/mol. The average molecular weight is 429 g/mol. The lowest BCUT2D eigenvalue weighted by atomic mass is 9.99. The van der Waals surface area contributed by atoms with E-state index in [9.17, 15) is 22.8 Å². The molecule has 0 bridgehead atoms. The summed E-state index contributed by atoms with van der Waals surface area (Å²) in [6, 6.07) is 12.6. The van der Waals surface area contributed by atoms with Crippen LogP contribution in [-0.2, 0) is 15.7 Å². The van der Waals surface area contributed by atoms with E-state index in [-0.39, 0.29) is 22.5 Å². The molecule has 158 valence electrons. The van der Waals surface area contributed by atoms with Gasteiger partial charge in [-0.05, 0) is 24.3 Å². The summed E-state index contributed by atoms with van der Waals surface area (Å²) in [4.78, 5) is 25.0. The Kier molecular flexibility index (Phi) is 5.79. The van der Waals surface area contributed by atoms with Gasteiger partial charge in [0.2, 0.25) is 0 Å². The first kappa shape index (κ1) is 21.6. The highest BCUT2D eigenvalue weighted by Gasteiger charge is 2.36. The Balaban J connectivity index is 2.38. The molecule has 0 aliphatic carbocycles. The number of ether oxygens (including phenoxy) is 2. The Morgan fingerprint density at radius 2 is 1.68 bits per heavy atom. The molecule has 2 aromatic carbocycles. The molecule has 0 fully saturated rings. The number of para-hydroxylation sites is 1. The van der Waals surface area contributed by atoms with Crippen LogP contribution in [0, 0.1) is 11.3 Å². The molecule has 1 heterocycles. The molecule has 0 saturated carbocycles. The smallest absolute Gasteiger partial charge is 0.417 e. The molecule has 0 aliphatic heterocycles. The summed E-state index contributed by atoms with van der Waals surface area (Å²) in [6.07, 6.45) is -4.82. The number of carbonyl (C=O) groups is 2. The molecule has 10 heteroatoms. The van der Waals surface area contributed by atoms with Crippen molar-refractivity contribution in [3.05, 3.63) is 70.9 Å². The number of esters is 2. The van der Waals surface area contributed by atoms with Crippen LogP contribution in [0.5, 0.6) is 0 Å². The van der Waals surface area contributed by atoms with Crippen molar-refractivity contribution in [1.29, 1.82) is 5.26 Å². The molecule has 0 saturated heterocycles. The third-order valence-corrected chi connectivity index (χ3v) is 4.37. The standard InChI is InChI=1S/C21H14F3N3O4/c1-30-19(28)16-17(12-8-9-13(11-25)15(10-12)21(22,23)24)26-27(18(16)20(29)31-2)14-6-4-3-5-7-14/h3-10H,1-2H3. The second-order valence-corrected chi connectivity index (χ2v) is 6.17. The molecule has 3 aromatic rings. The van der Waals surface area contributed by atoms with Gasteiger partial charge in [-0.3, -0.25) is 0 Å². The van der Waals surface area contributed by atoms with Crippen LogP contribution in [0.4, 0.5) is 13.2 Å². The van der Waals surface area contributed by atoms with Gasteiger partial charge >= 0.3 is 18.1 Å². The van der Waals surface area contributed by atoms with E-state index >= 15 is 0 Å². The lowest BCUT2D eigenvalue weighted by Gasteiger charge is -2.10. The Hall–Kier alpha value is -4.13. The predicted octanol–water partition coefficient (Wildman–Crippen LogP) is 4.00. The maximum atomic E-state index is 13.4. The average Bonchev–Trinajstić information content (AvgIpc) is 3.18. The van der Waals surface area contributed by atoms with Crippen molar-refractivity contribution in [2.75, 3.05) is 14.2 Å². The fourth-order valence-corrected chi connectivity index (χ4v) is 2.98. The van der Waals surface area contributed by atoms with Crippen molar-refractivity contribution in [2.24, 2.45) is 0 Å². The normalized spacial score (nSPS) is 11.0. The molecule has 1 aromatic heterocycles. The lowest BCUT2D eigenvalue weighted by molar-refractivity contribution is -0.137. The largest absolute Gasteiger partial charge is 0.465 e. The third-order valence-electron chi connectivity index (χ3n) is 4.37. The van der Waals surface area contributed by atoms with E-state index in [1.54, 1.807) is 30.3 Å². The van der Waals surface area contributed by atoms with Crippen LogP contribution in [0.15, 0.2) is 48.5 Å². The van der Waals surface area contributed by atoms with Gasteiger partial charge in [0.1, 0.15) is 11.3 Å². The number of hydrogen-bond acceptors (Lipinski definition) is 6. The van der Waals surface area contributed by atoms with Gasteiger partial charge in [0.05, 0.1) is 37.1 Å². The highest BCUT2D eigenvalue weighted by molar-refractivity contribution is 6.06. The fraction of sp³-hybridized carbons (Fsp3) is 0.143. The van der Waals surface area contributed by atoms with Gasteiger partial charge in [-0.2, -0.15) is 23.5 Å². The second kappa shape index (κ2) is 8.31. The summed E-state index contributed by atoms with van der Waals surface area (Å²) in [5, 5.41) is 13.3. The van der Waals surface area contributed by atoms with Crippen molar-refractivity contribution >= 4 is 11.9 Å². The number of rotatable bonds is 4. The van der Waals surface area contributed by atoms with Crippen molar-refractivity contribution in [3.63, 3.8) is 0 Å². The molecule has 0 radical (unpaired) electrons. The molecule has 0 unspecified atom stereocenters. The molecule has 31 heavy (non-hydrogen) atoms. The number of aromatic nitrogens is 2. The summed E-state index contributed by atoms with van der Waals surface area (Å²) in [6.45, 7) is 0. The maximum absolute atomic E-state index is 13.4. The Bertz CT molecular complexity index is 1200. The summed E-state index contributed by atoms with van der Waals surface area (Å²) in [7, 11) is 2.15. The van der Waals surface area contributed by atoms with Crippen molar-refractivity contribution in [3.8, 4) is 23.0 Å². The molecular weight excluding hydrogens is 415 g/mol. The van der Waals surface area contributed by atoms with E-state index in [1.165, 1.54) is 12.1 Å². The molecule has 0 N–H and O–H groups in total. The predicted molar refractivity (Wildman–Crippen MR) is 101 cm³/mol. The zero-order valence-corrected chi connectivity index (χ0v) is 16.2. The SMILES string of the molecule is COC(=O)c1c(-c2ccc(C#N)c(C(F)(F)F)c2)nn(-c2ccccc2)c1C(=O)OC. The van der Waals surface area contributed by atoms with Crippen LogP contribution in [-0.4, -0.2) is 35.9 Å². The topological polar surface area (TPSA) is 94.2 Å². The van der Waals surface area contributed by atoms with Gasteiger partial charge in [0, 0.05) is 5.56 Å². The van der Waals surface area contributed by atoms with E-state index < -0.39 is 29.2 Å². The van der Waals surface area contributed by atoms with Gasteiger partial charge < -0.3 is 9.47 Å². The lowest BCUT2D eigenvalue weighted by Crippen LogP contribution is -2.15. The van der Waals surface area contributed by atoms with Crippen LogP contribution >= 0.6 is 0 Å². The number of methoxy groups -OCH3 is 2. The first-order chi connectivity index (χ1) is 14.7. The van der Waals surface area contributed by atoms with Crippen LogP contribution in [0.25, 0.3) is 16.9 Å². The minimum Gasteiger partial charge on any atom is -0.465 e. The minimum absolute atomic E-state index is 0.133. The molecule has 0 atom stereocenters. The van der Waals surface area contributed by atoms with Crippen molar-refractivity contribution in [1.82, 2.24) is 9.78 Å². The van der Waals surface area contributed by atoms with E-state index in [0.717, 1.165) is 25.0 Å². The zero-order valence-electron chi connectivity index (χ0n) is 16.2. The number of halogens is 3. The van der Waals surface area contributed by atoms with Crippen LogP contribution in [0.1, 0.15) is 32.0 Å². The van der Waals surface area contributed by atoms with Gasteiger partial charge in [0.25, 0.3) is 0 Å². The Morgan fingerprint density at radius 1 is 1.03 bits per heavy atom. The molecule has 0 aliphatic rings. The van der Waals surface area contributed by atoms with Crippen LogP contribution < -0.4 is 0 Å². The second-order valence-electron chi connectivity index (χ2n) is 6.17. The molecule has 3 rings (SSSR count). The minimum atomic E-state index is -4.82. The van der Waals surface area contributed by atoms with Gasteiger partial charge in [-0.25, -0.2) is 14.3 Å². The number of carbonyl (C=O) groups excluding carboxylic acids is 2. The highest BCUT2D eigenvalue weighted by atomic mass is 19.4. The van der Waals surface area contributed by atoms with Crippen molar-refractivity contribution in [2.45, 2.75) is 6.18 Å². The molecule has 0 amide bonds. The Morgan fingerprint density at radius 3 is 2.23 bits per heavy atom. The molecular formula is C21H14F3N3O4. The quantitative estimate of drug-likeness (QED) is 0.582. The van der Waals surface area contributed by atoms with Crippen molar-refractivity contribution < 1.29 is 32.2 Å². The summed E-state index contributed by atoms with van der Waals surface area (Å²) in [5.74, 6) is -1.93. The third kappa shape index (κ3) is 3.98. The molecule has 7 nitrogen and oxygen atoms in total. The first-order valence-electron chi connectivity index (χ1n) is 8.69. The number of nitrogens with zero attached hydrogens (tertiary/aromatic N) is 3. The Labute approximate surface area is 174 Å². The van der Waals surface area contributed by atoms with E-state index in [2.05, 4.69) is 5.10 Å². The van der Waals surface area contributed by atoms with Gasteiger partial charge in [-0.1, -0.05) is 24.3 Å². The number of alkyl halides is 3. The van der Waals surface area contributed by atoms with Gasteiger partial charge in [0.15, 0.2) is 5.69 Å². The van der Waals surface area contributed by atoms with Gasteiger partial charge in [-0.15, -0.1) is 0 Å². The zero-order chi connectivity index (χ0) is 22.8. The van der Waals surface area contributed by atoms with Crippen LogP contribution in [0.2, 0.25) is 0 Å². The fourth-order valence-electron chi connectivity index (χ4n) is 2.98. The summed E-state index contributed by atoms with van der Waals surface area (Å²) in [5.41, 5.74) is -2.46. The number of benzene rings is 2. The van der Waals surface area contributed by atoms with E-state index in [1.807, 2.05) is 0 Å². The first-order valence-corrected chi connectivity index (χ1v) is 8.69. The summed E-state index contributed by atoms with van der Waals surface area (Å²) >= 11 is 0. The maximum Gasteiger partial charge on any atom is 0.417 e.